The van der Waals surface area contributed by atoms with Crippen LogP contribution >= 0.6 is 0 Å². The van der Waals surface area contributed by atoms with Crippen molar-refractivity contribution in [3.8, 4) is 0 Å². The molecule has 3 nitrogen and oxygen atoms in total. The van der Waals surface area contributed by atoms with Gasteiger partial charge in [-0.3, -0.25) is 4.79 Å². The lowest BCUT2D eigenvalue weighted by Crippen LogP contribution is -2.44. The maximum atomic E-state index is 12.5. The van der Waals surface area contributed by atoms with Crippen LogP contribution in [-0.2, 0) is 4.79 Å². The van der Waals surface area contributed by atoms with Crippen molar-refractivity contribution in [3.63, 3.8) is 0 Å². The quantitative estimate of drug-likeness (QED) is 0.869. The van der Waals surface area contributed by atoms with Gasteiger partial charge in [0.25, 0.3) is 0 Å². The van der Waals surface area contributed by atoms with E-state index in [0.29, 0.717) is 0 Å². The van der Waals surface area contributed by atoms with Crippen LogP contribution in [0.3, 0.4) is 0 Å². The maximum absolute atomic E-state index is 12.5. The maximum Gasteiger partial charge on any atom is 0.243 e. The first-order valence-corrected chi connectivity index (χ1v) is 6.77. The Kier molecular flexibility index (Phi) is 4.37. The van der Waals surface area contributed by atoms with Crippen molar-refractivity contribution in [1.82, 2.24) is 5.32 Å². The molecule has 1 aliphatic rings. The Bertz CT molecular complexity index is 409. The summed E-state index contributed by atoms with van der Waals surface area (Å²) in [6, 6.07) is 8.01. The first kappa shape index (κ1) is 13.1. The molecule has 1 aliphatic heterocycles. The van der Waals surface area contributed by atoms with E-state index < -0.39 is 0 Å². The third kappa shape index (κ3) is 2.91. The lowest BCUT2D eigenvalue weighted by atomic mass is 10.1. The molecular weight excluding hydrogens is 224 g/mol. The van der Waals surface area contributed by atoms with Gasteiger partial charge in [-0.25, -0.2) is 0 Å². The SMILES string of the molecule is Cc1ccccc1N(C)C(=O)C1CCCCCN1. The fraction of sp³-hybridized carbons (Fsp3) is 0.533. The molecule has 1 saturated heterocycles. The molecular formula is C15H22N2O. The van der Waals surface area contributed by atoms with Gasteiger partial charge in [-0.2, -0.15) is 0 Å². The van der Waals surface area contributed by atoms with Crippen molar-refractivity contribution in [3.05, 3.63) is 29.8 Å². The lowest BCUT2D eigenvalue weighted by molar-refractivity contribution is -0.120. The molecule has 1 fully saturated rings. The number of rotatable bonds is 2. The molecule has 0 saturated carbocycles. The average molecular weight is 246 g/mol. The zero-order valence-electron chi connectivity index (χ0n) is 11.3. The molecule has 0 aromatic heterocycles. The Morgan fingerprint density at radius 2 is 2.06 bits per heavy atom. The highest BCUT2D eigenvalue weighted by Gasteiger charge is 2.23. The van der Waals surface area contributed by atoms with E-state index in [4.69, 9.17) is 0 Å². The van der Waals surface area contributed by atoms with Crippen LogP contribution in [0, 0.1) is 6.92 Å². The van der Waals surface area contributed by atoms with Crippen molar-refractivity contribution in [1.29, 1.82) is 0 Å². The molecule has 1 aromatic rings. The van der Waals surface area contributed by atoms with Crippen LogP contribution in [0.15, 0.2) is 24.3 Å². The molecule has 1 unspecified atom stereocenters. The van der Waals surface area contributed by atoms with Crippen LogP contribution in [0.1, 0.15) is 31.2 Å². The Labute approximate surface area is 109 Å². The normalized spacial score (nSPS) is 20.2. The summed E-state index contributed by atoms with van der Waals surface area (Å²) < 4.78 is 0. The number of likely N-dealkylation sites (N-methyl/N-ethyl adjacent to an activating group) is 1. The van der Waals surface area contributed by atoms with Gasteiger partial charge in [-0.05, 0) is 37.9 Å². The number of aryl methyl sites for hydroxylation is 1. The zero-order chi connectivity index (χ0) is 13.0. The van der Waals surface area contributed by atoms with E-state index in [1.54, 1.807) is 4.90 Å². The van der Waals surface area contributed by atoms with Crippen molar-refractivity contribution in [2.24, 2.45) is 0 Å². The van der Waals surface area contributed by atoms with Crippen LogP contribution in [0.2, 0.25) is 0 Å². The minimum Gasteiger partial charge on any atom is -0.314 e. The van der Waals surface area contributed by atoms with E-state index in [1.165, 1.54) is 12.8 Å². The molecule has 3 heteroatoms. The van der Waals surface area contributed by atoms with Gasteiger partial charge in [-0.15, -0.1) is 0 Å². The number of nitrogens with one attached hydrogen (secondary N) is 1. The molecule has 0 bridgehead atoms. The fourth-order valence-corrected chi connectivity index (χ4v) is 2.53. The van der Waals surface area contributed by atoms with E-state index >= 15 is 0 Å². The van der Waals surface area contributed by atoms with Crippen molar-refractivity contribution in [2.45, 2.75) is 38.6 Å². The van der Waals surface area contributed by atoms with Gasteiger partial charge in [0, 0.05) is 12.7 Å². The Morgan fingerprint density at radius 1 is 1.28 bits per heavy atom. The van der Waals surface area contributed by atoms with E-state index in [9.17, 15) is 4.79 Å². The molecule has 98 valence electrons. The third-order valence-corrected chi connectivity index (χ3v) is 3.67. The first-order valence-electron chi connectivity index (χ1n) is 6.77. The van der Waals surface area contributed by atoms with Gasteiger partial charge in [0.15, 0.2) is 0 Å². The third-order valence-electron chi connectivity index (χ3n) is 3.67. The summed E-state index contributed by atoms with van der Waals surface area (Å²) in [6.45, 7) is 3.00. The van der Waals surface area contributed by atoms with Crippen LogP contribution in [-0.4, -0.2) is 25.5 Å². The van der Waals surface area contributed by atoms with Gasteiger partial charge >= 0.3 is 0 Å². The molecule has 1 aromatic carbocycles. The van der Waals surface area contributed by atoms with Crippen LogP contribution in [0.25, 0.3) is 0 Å². The minimum atomic E-state index is -0.0166. The number of anilines is 1. The molecule has 1 N–H and O–H groups in total. The number of carbonyl (C=O) groups is 1. The van der Waals surface area contributed by atoms with E-state index in [1.807, 2.05) is 38.2 Å². The van der Waals surface area contributed by atoms with Crippen molar-refractivity contribution >= 4 is 11.6 Å². The highest BCUT2D eigenvalue weighted by Crippen LogP contribution is 2.20. The predicted octanol–water partition coefficient (Wildman–Crippen LogP) is 2.49. The smallest absolute Gasteiger partial charge is 0.243 e. The lowest BCUT2D eigenvalue weighted by Gasteiger charge is -2.24. The van der Waals surface area contributed by atoms with Crippen LogP contribution in [0.5, 0.6) is 0 Å². The monoisotopic (exact) mass is 246 g/mol. The summed E-state index contributed by atoms with van der Waals surface area (Å²) in [5.74, 6) is 0.186. The summed E-state index contributed by atoms with van der Waals surface area (Å²) in [5.41, 5.74) is 2.15. The van der Waals surface area contributed by atoms with Crippen LogP contribution < -0.4 is 10.2 Å². The highest BCUT2D eigenvalue weighted by molar-refractivity contribution is 5.97. The standard InChI is InChI=1S/C15H22N2O/c1-12-8-5-6-10-14(12)17(2)15(18)13-9-4-3-7-11-16-13/h5-6,8,10,13,16H,3-4,7,9,11H2,1-2H3. The summed E-state index contributed by atoms with van der Waals surface area (Å²) in [6.07, 6.45) is 4.50. The second-order valence-corrected chi connectivity index (χ2v) is 5.04. The van der Waals surface area contributed by atoms with Crippen LogP contribution in [0.4, 0.5) is 5.69 Å². The summed E-state index contributed by atoms with van der Waals surface area (Å²) in [4.78, 5) is 14.3. The summed E-state index contributed by atoms with van der Waals surface area (Å²) >= 11 is 0. The van der Waals surface area contributed by atoms with Gasteiger partial charge in [-0.1, -0.05) is 31.0 Å². The Hall–Kier alpha value is -1.35. The molecule has 1 amide bonds. The van der Waals surface area contributed by atoms with Crippen molar-refractivity contribution in [2.75, 3.05) is 18.5 Å². The summed E-state index contributed by atoms with van der Waals surface area (Å²) in [5, 5.41) is 3.36. The van der Waals surface area contributed by atoms with E-state index in [-0.39, 0.29) is 11.9 Å². The van der Waals surface area contributed by atoms with Gasteiger partial charge in [0.2, 0.25) is 5.91 Å². The molecule has 1 heterocycles. The highest BCUT2D eigenvalue weighted by atomic mass is 16.2. The molecule has 1 atom stereocenters. The minimum absolute atomic E-state index is 0.0166. The Balaban J connectivity index is 2.10. The van der Waals surface area contributed by atoms with Gasteiger partial charge in [0.05, 0.1) is 6.04 Å². The number of amides is 1. The molecule has 0 spiro atoms. The first-order chi connectivity index (χ1) is 8.70. The number of para-hydroxylation sites is 1. The second kappa shape index (κ2) is 6.01. The largest absolute Gasteiger partial charge is 0.314 e. The second-order valence-electron chi connectivity index (χ2n) is 5.04. The number of carbonyl (C=O) groups excluding carboxylic acids is 1. The number of benzene rings is 1. The number of hydrogen-bond acceptors (Lipinski definition) is 2. The van der Waals surface area contributed by atoms with Gasteiger partial charge in [0.1, 0.15) is 0 Å². The van der Waals surface area contributed by atoms with E-state index in [2.05, 4.69) is 5.32 Å². The Morgan fingerprint density at radius 3 is 2.83 bits per heavy atom. The van der Waals surface area contributed by atoms with E-state index in [0.717, 1.165) is 30.6 Å². The summed E-state index contributed by atoms with van der Waals surface area (Å²) in [7, 11) is 1.87. The molecule has 0 radical (unpaired) electrons. The molecule has 18 heavy (non-hydrogen) atoms. The number of hydrogen-bond donors (Lipinski definition) is 1. The number of nitrogens with zero attached hydrogens (tertiary/aromatic N) is 1. The zero-order valence-corrected chi connectivity index (χ0v) is 11.3. The topological polar surface area (TPSA) is 32.3 Å². The van der Waals surface area contributed by atoms with Crippen molar-refractivity contribution < 1.29 is 4.79 Å². The average Bonchev–Trinajstić information content (AvgIpc) is 2.66. The fourth-order valence-electron chi connectivity index (χ4n) is 2.53. The molecule has 2 rings (SSSR count). The van der Waals surface area contributed by atoms with Gasteiger partial charge < -0.3 is 10.2 Å². The predicted molar refractivity (Wildman–Crippen MR) is 74.8 cm³/mol. The molecule has 0 aliphatic carbocycles.